The third kappa shape index (κ3) is 4.39. The number of hydrogen-bond acceptors (Lipinski definition) is 5. The van der Waals surface area contributed by atoms with Crippen LogP contribution in [0.1, 0.15) is 25.0 Å². The van der Waals surface area contributed by atoms with Crippen molar-refractivity contribution in [1.29, 1.82) is 0 Å². The van der Waals surface area contributed by atoms with Crippen LogP contribution in [0.4, 0.5) is 5.69 Å². The van der Waals surface area contributed by atoms with E-state index < -0.39 is 0 Å². The minimum Gasteiger partial charge on any atom is -0.325 e. The number of carbonyl (C=O) groups is 1. The number of nitrogens with one attached hydrogen (secondary N) is 2. The van der Waals surface area contributed by atoms with Gasteiger partial charge in [0.1, 0.15) is 5.39 Å². The van der Waals surface area contributed by atoms with E-state index in [1.807, 2.05) is 48.5 Å². The Bertz CT molecular complexity index is 1260. The molecule has 0 bridgehead atoms. The zero-order chi connectivity index (χ0) is 21.8. The standard InChI is InChI=1S/C23H23N5O2S/c1-3-15-9-8-10-16(4-2)20(15)25-19(29)14-31-23-26-21-18(22(30)27-23)13-24-28(21)17-11-6-5-7-12-17/h5-13H,3-4,14H2,1-2H3,(H,25,29)(H,26,27,30). The first-order valence-corrected chi connectivity index (χ1v) is 11.2. The molecule has 0 aliphatic rings. The molecule has 8 heteroatoms. The summed E-state index contributed by atoms with van der Waals surface area (Å²) in [6.45, 7) is 4.14. The number of amides is 1. The lowest BCUT2D eigenvalue weighted by Crippen LogP contribution is -2.17. The van der Waals surface area contributed by atoms with Gasteiger partial charge < -0.3 is 10.3 Å². The van der Waals surface area contributed by atoms with Crippen LogP contribution in [-0.2, 0) is 17.6 Å². The first-order valence-electron chi connectivity index (χ1n) is 10.2. The van der Waals surface area contributed by atoms with Gasteiger partial charge in [-0.1, -0.05) is 62.0 Å². The van der Waals surface area contributed by atoms with Gasteiger partial charge in [0.2, 0.25) is 5.91 Å². The fourth-order valence-corrected chi connectivity index (χ4v) is 4.09. The molecule has 0 radical (unpaired) electrons. The highest BCUT2D eigenvalue weighted by Gasteiger charge is 2.14. The van der Waals surface area contributed by atoms with Crippen molar-refractivity contribution in [3.8, 4) is 5.69 Å². The average molecular weight is 434 g/mol. The number of aromatic amines is 1. The largest absolute Gasteiger partial charge is 0.325 e. The molecule has 2 N–H and O–H groups in total. The number of anilines is 1. The van der Waals surface area contributed by atoms with Gasteiger partial charge in [-0.2, -0.15) is 5.10 Å². The van der Waals surface area contributed by atoms with E-state index in [2.05, 4.69) is 34.2 Å². The lowest BCUT2D eigenvalue weighted by atomic mass is 10.0. The second-order valence-electron chi connectivity index (χ2n) is 7.00. The second-order valence-corrected chi connectivity index (χ2v) is 7.96. The molecule has 1 amide bonds. The SMILES string of the molecule is CCc1cccc(CC)c1NC(=O)CSc1nc2c(cnn2-c2ccccc2)c(=O)[nH]1. The van der Waals surface area contributed by atoms with Crippen molar-refractivity contribution < 1.29 is 4.79 Å². The number of carbonyl (C=O) groups excluding carboxylic acids is 1. The lowest BCUT2D eigenvalue weighted by Gasteiger charge is -2.14. The Morgan fingerprint density at radius 2 is 1.77 bits per heavy atom. The van der Waals surface area contributed by atoms with Crippen LogP contribution in [0.3, 0.4) is 0 Å². The normalized spacial score (nSPS) is 11.0. The van der Waals surface area contributed by atoms with Gasteiger partial charge in [0, 0.05) is 5.69 Å². The average Bonchev–Trinajstić information content (AvgIpc) is 3.23. The number of benzene rings is 2. The monoisotopic (exact) mass is 433 g/mol. The first-order chi connectivity index (χ1) is 15.1. The minimum absolute atomic E-state index is 0.134. The highest BCUT2D eigenvalue weighted by molar-refractivity contribution is 7.99. The van der Waals surface area contributed by atoms with Crippen LogP contribution in [0.5, 0.6) is 0 Å². The Morgan fingerprint density at radius 3 is 2.45 bits per heavy atom. The molecule has 158 valence electrons. The predicted octanol–water partition coefficient (Wildman–Crippen LogP) is 3.96. The fraction of sp³-hybridized carbons (Fsp3) is 0.217. The molecule has 2 heterocycles. The van der Waals surface area contributed by atoms with Gasteiger partial charge in [0.15, 0.2) is 10.8 Å². The number of nitrogens with zero attached hydrogens (tertiary/aromatic N) is 3. The minimum atomic E-state index is -0.278. The van der Waals surface area contributed by atoms with Gasteiger partial charge in [-0.15, -0.1) is 0 Å². The number of aryl methyl sites for hydroxylation is 2. The van der Waals surface area contributed by atoms with Crippen molar-refractivity contribution in [2.24, 2.45) is 0 Å². The third-order valence-electron chi connectivity index (χ3n) is 5.02. The summed E-state index contributed by atoms with van der Waals surface area (Å²) >= 11 is 1.19. The van der Waals surface area contributed by atoms with Gasteiger partial charge in [-0.05, 0) is 36.1 Å². The van der Waals surface area contributed by atoms with Crippen LogP contribution in [0.25, 0.3) is 16.7 Å². The Labute approximate surface area is 183 Å². The number of rotatable bonds is 7. The molecule has 0 spiro atoms. The lowest BCUT2D eigenvalue weighted by molar-refractivity contribution is -0.113. The van der Waals surface area contributed by atoms with Crippen LogP contribution in [0, 0.1) is 0 Å². The van der Waals surface area contributed by atoms with E-state index in [0.717, 1.165) is 35.3 Å². The van der Waals surface area contributed by atoms with E-state index >= 15 is 0 Å². The van der Waals surface area contributed by atoms with E-state index in [0.29, 0.717) is 16.2 Å². The van der Waals surface area contributed by atoms with Crippen LogP contribution in [0.2, 0.25) is 0 Å². The van der Waals surface area contributed by atoms with E-state index in [4.69, 9.17) is 0 Å². The Hall–Kier alpha value is -3.39. The Balaban J connectivity index is 1.55. The number of hydrogen-bond donors (Lipinski definition) is 2. The van der Waals surface area contributed by atoms with E-state index in [1.54, 1.807) is 4.68 Å². The van der Waals surface area contributed by atoms with Crippen LogP contribution in [0.15, 0.2) is 64.7 Å². The Kier molecular flexibility index (Phi) is 6.18. The summed E-state index contributed by atoms with van der Waals surface area (Å²) in [7, 11) is 0. The van der Waals surface area contributed by atoms with Crippen molar-refractivity contribution in [1.82, 2.24) is 19.7 Å². The summed E-state index contributed by atoms with van der Waals surface area (Å²) in [4.78, 5) is 32.4. The molecule has 4 rings (SSSR count). The smallest absolute Gasteiger partial charge is 0.262 e. The van der Waals surface area contributed by atoms with Gasteiger partial charge in [0.25, 0.3) is 5.56 Å². The number of thioether (sulfide) groups is 1. The molecule has 7 nitrogen and oxygen atoms in total. The zero-order valence-corrected chi connectivity index (χ0v) is 18.2. The highest BCUT2D eigenvalue weighted by Crippen LogP contribution is 2.23. The second kappa shape index (κ2) is 9.18. The number of para-hydroxylation sites is 2. The highest BCUT2D eigenvalue weighted by atomic mass is 32.2. The predicted molar refractivity (Wildman–Crippen MR) is 124 cm³/mol. The van der Waals surface area contributed by atoms with Crippen LogP contribution < -0.4 is 10.9 Å². The summed E-state index contributed by atoms with van der Waals surface area (Å²) in [6.07, 6.45) is 3.18. The molecule has 4 aromatic rings. The topological polar surface area (TPSA) is 92.7 Å². The first kappa shape index (κ1) is 20.9. The summed E-state index contributed by atoms with van der Waals surface area (Å²) in [5, 5.41) is 8.12. The van der Waals surface area contributed by atoms with Gasteiger partial charge >= 0.3 is 0 Å². The maximum absolute atomic E-state index is 12.6. The zero-order valence-electron chi connectivity index (χ0n) is 17.4. The van der Waals surface area contributed by atoms with E-state index in [-0.39, 0.29) is 17.2 Å². The maximum atomic E-state index is 12.6. The molecule has 0 saturated carbocycles. The number of aromatic nitrogens is 4. The molecule has 31 heavy (non-hydrogen) atoms. The van der Waals surface area contributed by atoms with E-state index in [9.17, 15) is 9.59 Å². The van der Waals surface area contributed by atoms with Crippen molar-refractivity contribution in [2.45, 2.75) is 31.8 Å². The summed E-state index contributed by atoms with van der Waals surface area (Å²) < 4.78 is 1.62. The van der Waals surface area contributed by atoms with Crippen molar-refractivity contribution in [3.63, 3.8) is 0 Å². The molecular weight excluding hydrogens is 410 g/mol. The molecule has 0 fully saturated rings. The van der Waals surface area contributed by atoms with Crippen molar-refractivity contribution in [3.05, 3.63) is 76.2 Å². The van der Waals surface area contributed by atoms with Gasteiger partial charge in [-0.3, -0.25) is 9.59 Å². The van der Waals surface area contributed by atoms with Crippen molar-refractivity contribution >= 4 is 34.4 Å². The summed E-state index contributed by atoms with van der Waals surface area (Å²) in [5.74, 6) is -0.00492. The fourth-order valence-electron chi connectivity index (χ4n) is 3.44. The molecule has 0 saturated heterocycles. The molecule has 0 atom stereocenters. The van der Waals surface area contributed by atoms with Crippen LogP contribution >= 0.6 is 11.8 Å². The number of H-pyrrole nitrogens is 1. The molecular formula is C23H23N5O2S. The summed E-state index contributed by atoms with van der Waals surface area (Å²) in [6, 6.07) is 15.6. The number of fused-ring (bicyclic) bond motifs is 1. The molecule has 0 aliphatic heterocycles. The van der Waals surface area contributed by atoms with Crippen molar-refractivity contribution in [2.75, 3.05) is 11.1 Å². The molecule has 2 aromatic heterocycles. The van der Waals surface area contributed by atoms with Crippen LogP contribution in [-0.4, -0.2) is 31.4 Å². The molecule has 2 aromatic carbocycles. The Morgan fingerprint density at radius 1 is 1.06 bits per heavy atom. The van der Waals surface area contributed by atoms with E-state index in [1.165, 1.54) is 18.0 Å². The third-order valence-corrected chi connectivity index (χ3v) is 5.89. The summed E-state index contributed by atoms with van der Waals surface area (Å²) in [5.41, 5.74) is 4.10. The van der Waals surface area contributed by atoms with Gasteiger partial charge in [-0.25, -0.2) is 9.67 Å². The maximum Gasteiger partial charge on any atom is 0.262 e. The molecule has 0 unspecified atom stereocenters. The van der Waals surface area contributed by atoms with Gasteiger partial charge in [0.05, 0.1) is 17.6 Å². The molecule has 0 aliphatic carbocycles. The quantitative estimate of drug-likeness (QED) is 0.340.